The second-order valence-electron chi connectivity index (χ2n) is 7.42. The van der Waals surface area contributed by atoms with Crippen LogP contribution in [0.3, 0.4) is 0 Å². The molecule has 0 amide bonds. The molecule has 2 aliphatic rings. The molecule has 1 fully saturated rings. The number of allylic oxidation sites excluding steroid dienone is 4. The van der Waals surface area contributed by atoms with E-state index in [4.69, 9.17) is 9.47 Å². The molecule has 142 valence electrons. The normalized spacial score (nSPS) is 34.2. The molecular weight excluding hydrogens is 328 g/mol. The lowest BCUT2D eigenvalue weighted by molar-refractivity contribution is -0.145. The SMILES string of the molecule is C=C1C(=O)O[C@H]2/C=C(\C)CC/C=C(\C)CC/C=C(\C)[C@H](OC(C)=O)C[C@@H]12. The van der Waals surface area contributed by atoms with Crippen molar-refractivity contribution in [3.05, 3.63) is 47.1 Å². The Morgan fingerprint density at radius 1 is 1.15 bits per heavy atom. The zero-order valence-electron chi connectivity index (χ0n) is 16.3. The molecule has 0 radical (unpaired) electrons. The molecule has 4 heteroatoms. The highest BCUT2D eigenvalue weighted by Gasteiger charge is 2.39. The fraction of sp³-hybridized carbons (Fsp3) is 0.545. The smallest absolute Gasteiger partial charge is 0.334 e. The summed E-state index contributed by atoms with van der Waals surface area (Å²) in [6.45, 7) is 11.5. The molecule has 0 aromatic rings. The summed E-state index contributed by atoms with van der Waals surface area (Å²) in [5, 5.41) is 0. The van der Waals surface area contributed by atoms with Crippen LogP contribution in [0.4, 0.5) is 0 Å². The third-order valence-electron chi connectivity index (χ3n) is 5.12. The van der Waals surface area contributed by atoms with Gasteiger partial charge in [0.2, 0.25) is 0 Å². The summed E-state index contributed by atoms with van der Waals surface area (Å²) in [6, 6.07) is 0. The van der Waals surface area contributed by atoms with Crippen molar-refractivity contribution in [2.75, 3.05) is 0 Å². The van der Waals surface area contributed by atoms with E-state index in [-0.39, 0.29) is 30.1 Å². The molecule has 0 saturated carbocycles. The maximum absolute atomic E-state index is 12.1. The lowest BCUT2D eigenvalue weighted by atomic mass is 9.87. The van der Waals surface area contributed by atoms with Gasteiger partial charge < -0.3 is 9.47 Å². The Labute approximate surface area is 156 Å². The molecule has 1 saturated heterocycles. The molecule has 0 N–H and O–H groups in total. The van der Waals surface area contributed by atoms with Crippen molar-refractivity contribution in [1.82, 2.24) is 0 Å². The first-order valence-corrected chi connectivity index (χ1v) is 9.34. The Kier molecular flexibility index (Phi) is 7.01. The Hall–Kier alpha value is -2.10. The topological polar surface area (TPSA) is 52.6 Å². The second-order valence-corrected chi connectivity index (χ2v) is 7.42. The van der Waals surface area contributed by atoms with Crippen LogP contribution in [0.5, 0.6) is 0 Å². The molecule has 2 rings (SSSR count). The zero-order chi connectivity index (χ0) is 19.3. The lowest BCUT2D eigenvalue weighted by Crippen LogP contribution is -2.26. The van der Waals surface area contributed by atoms with Crippen LogP contribution in [0.15, 0.2) is 47.1 Å². The summed E-state index contributed by atoms with van der Waals surface area (Å²) in [5.41, 5.74) is 4.03. The highest BCUT2D eigenvalue weighted by molar-refractivity contribution is 5.91. The van der Waals surface area contributed by atoms with E-state index >= 15 is 0 Å². The number of esters is 2. The molecule has 4 nitrogen and oxygen atoms in total. The van der Waals surface area contributed by atoms with E-state index < -0.39 is 0 Å². The monoisotopic (exact) mass is 358 g/mol. The number of rotatable bonds is 1. The first-order chi connectivity index (χ1) is 12.3. The number of carbonyl (C=O) groups is 2. The second kappa shape index (κ2) is 9.02. The van der Waals surface area contributed by atoms with Crippen LogP contribution >= 0.6 is 0 Å². The van der Waals surface area contributed by atoms with Crippen LogP contribution < -0.4 is 0 Å². The highest BCUT2D eigenvalue weighted by Crippen LogP contribution is 2.34. The number of fused-ring (bicyclic) bond motifs is 1. The summed E-state index contributed by atoms with van der Waals surface area (Å²) in [5.74, 6) is -0.850. The van der Waals surface area contributed by atoms with Crippen LogP contribution in [0, 0.1) is 5.92 Å². The Balaban J connectivity index is 2.35. The maximum atomic E-state index is 12.1. The third kappa shape index (κ3) is 5.45. The predicted molar refractivity (Wildman–Crippen MR) is 102 cm³/mol. The van der Waals surface area contributed by atoms with Gasteiger partial charge >= 0.3 is 11.9 Å². The van der Waals surface area contributed by atoms with Crippen molar-refractivity contribution >= 4 is 11.9 Å². The van der Waals surface area contributed by atoms with E-state index in [0.29, 0.717) is 12.0 Å². The van der Waals surface area contributed by atoms with Crippen LogP contribution in [0.1, 0.15) is 59.8 Å². The first kappa shape index (κ1) is 20.2. The van der Waals surface area contributed by atoms with Crippen molar-refractivity contribution in [1.29, 1.82) is 0 Å². The number of hydrogen-bond donors (Lipinski definition) is 0. The Morgan fingerprint density at radius 3 is 2.50 bits per heavy atom. The van der Waals surface area contributed by atoms with E-state index in [0.717, 1.165) is 31.3 Å². The Bertz CT molecular complexity index is 666. The van der Waals surface area contributed by atoms with Gasteiger partial charge in [-0.2, -0.15) is 0 Å². The van der Waals surface area contributed by atoms with E-state index in [9.17, 15) is 9.59 Å². The summed E-state index contributed by atoms with van der Waals surface area (Å²) >= 11 is 0. The summed E-state index contributed by atoms with van der Waals surface area (Å²) in [4.78, 5) is 23.6. The summed E-state index contributed by atoms with van der Waals surface area (Å²) in [7, 11) is 0. The molecular formula is C22H30O4. The molecule has 1 aliphatic carbocycles. The van der Waals surface area contributed by atoms with Gasteiger partial charge in [-0.1, -0.05) is 29.9 Å². The molecule has 1 aliphatic heterocycles. The van der Waals surface area contributed by atoms with Gasteiger partial charge in [0.1, 0.15) is 12.2 Å². The largest absolute Gasteiger partial charge is 0.458 e. The third-order valence-corrected chi connectivity index (χ3v) is 5.12. The van der Waals surface area contributed by atoms with Crippen molar-refractivity contribution in [3.63, 3.8) is 0 Å². The van der Waals surface area contributed by atoms with Crippen molar-refractivity contribution in [2.24, 2.45) is 5.92 Å². The van der Waals surface area contributed by atoms with Crippen LogP contribution in [0.2, 0.25) is 0 Å². The van der Waals surface area contributed by atoms with E-state index in [2.05, 4.69) is 32.6 Å². The van der Waals surface area contributed by atoms with Gasteiger partial charge in [0.05, 0.1) is 0 Å². The molecule has 0 aromatic heterocycles. The van der Waals surface area contributed by atoms with Gasteiger partial charge in [-0.05, 0) is 64.5 Å². The Morgan fingerprint density at radius 2 is 1.81 bits per heavy atom. The van der Waals surface area contributed by atoms with Gasteiger partial charge in [0.25, 0.3) is 0 Å². The van der Waals surface area contributed by atoms with E-state index in [1.54, 1.807) is 0 Å². The van der Waals surface area contributed by atoms with Crippen LogP contribution in [-0.4, -0.2) is 24.1 Å². The number of hydrogen-bond acceptors (Lipinski definition) is 4. The molecule has 26 heavy (non-hydrogen) atoms. The quantitative estimate of drug-likeness (QED) is 0.383. The standard InChI is InChI=1S/C22H30O4/c1-14-8-6-10-15(2)12-21-19(17(4)22(24)26-21)13-20(25-18(5)23)16(3)11-7-9-14/h8,11-12,19-21H,4,6-7,9-10,13H2,1-3,5H3/b14-8+,15-12+,16-11+/t19-,20+,21-/m0/s1. The van der Waals surface area contributed by atoms with Crippen molar-refractivity contribution in [2.45, 2.75) is 72.0 Å². The minimum Gasteiger partial charge on any atom is -0.458 e. The van der Waals surface area contributed by atoms with Crippen LogP contribution in [0.25, 0.3) is 0 Å². The maximum Gasteiger partial charge on any atom is 0.334 e. The average Bonchev–Trinajstić information content (AvgIpc) is 2.80. The summed E-state index contributed by atoms with van der Waals surface area (Å²) in [6.07, 6.45) is 10.1. The molecule has 0 aromatic carbocycles. The van der Waals surface area contributed by atoms with Gasteiger partial charge in [0, 0.05) is 18.4 Å². The zero-order valence-corrected chi connectivity index (χ0v) is 16.3. The van der Waals surface area contributed by atoms with Crippen molar-refractivity contribution in [3.8, 4) is 0 Å². The average molecular weight is 358 g/mol. The van der Waals surface area contributed by atoms with Gasteiger partial charge in [-0.15, -0.1) is 0 Å². The van der Waals surface area contributed by atoms with Gasteiger partial charge in [0.15, 0.2) is 0 Å². The predicted octanol–water partition coefficient (Wildman–Crippen LogP) is 4.82. The van der Waals surface area contributed by atoms with E-state index in [1.165, 1.54) is 18.1 Å². The number of carbonyl (C=O) groups excluding carboxylic acids is 2. The minimum atomic E-state index is -0.368. The fourth-order valence-electron chi connectivity index (χ4n) is 3.49. The molecule has 0 bridgehead atoms. The van der Waals surface area contributed by atoms with Crippen LogP contribution in [-0.2, 0) is 19.1 Å². The summed E-state index contributed by atoms with van der Waals surface area (Å²) < 4.78 is 11.1. The highest BCUT2D eigenvalue weighted by atomic mass is 16.6. The number of ether oxygens (including phenoxy) is 2. The first-order valence-electron chi connectivity index (χ1n) is 9.34. The molecule has 0 spiro atoms. The lowest BCUT2D eigenvalue weighted by Gasteiger charge is -2.23. The molecule has 0 unspecified atom stereocenters. The fourth-order valence-corrected chi connectivity index (χ4v) is 3.49. The van der Waals surface area contributed by atoms with Gasteiger partial charge in [-0.25, -0.2) is 4.79 Å². The van der Waals surface area contributed by atoms with Crippen molar-refractivity contribution < 1.29 is 19.1 Å². The molecule has 3 atom stereocenters. The van der Waals surface area contributed by atoms with E-state index in [1.807, 2.05) is 13.0 Å². The van der Waals surface area contributed by atoms with Gasteiger partial charge in [-0.3, -0.25) is 4.79 Å². The molecule has 1 heterocycles. The minimum absolute atomic E-state index is 0.176.